The standard InChI is InChI=1S/C29H35N5O3S2/c1-19-6-8-22(9-7-19)34-28-25(27(30-34)29(3,4)5)26(21-10-15-38-17-21)39-18-24(37)33(28)16-23(36)32-13-11-31(12-14-32)20(2)35/h6-10,15,17,26H,11-14,16,18H2,1-5H3. The lowest BCUT2D eigenvalue weighted by molar-refractivity contribution is -0.137. The first kappa shape index (κ1) is 27.5. The van der Waals surface area contributed by atoms with E-state index in [-0.39, 0.29) is 40.7 Å². The summed E-state index contributed by atoms with van der Waals surface area (Å²) in [5, 5.41) is 9.26. The first-order valence-electron chi connectivity index (χ1n) is 13.2. The number of aromatic nitrogens is 2. The van der Waals surface area contributed by atoms with Crippen molar-refractivity contribution in [1.82, 2.24) is 19.6 Å². The third-order valence-corrected chi connectivity index (χ3v) is 9.25. The van der Waals surface area contributed by atoms with Gasteiger partial charge in [0.05, 0.1) is 22.4 Å². The molecule has 0 radical (unpaired) electrons. The van der Waals surface area contributed by atoms with Gasteiger partial charge >= 0.3 is 0 Å². The molecule has 1 atom stereocenters. The number of carbonyl (C=O) groups excluding carboxylic acids is 3. The number of benzene rings is 1. The number of thiophene rings is 1. The molecule has 0 bridgehead atoms. The highest BCUT2D eigenvalue weighted by Gasteiger charge is 2.40. The van der Waals surface area contributed by atoms with Crippen molar-refractivity contribution in [2.75, 3.05) is 43.4 Å². The van der Waals surface area contributed by atoms with E-state index in [1.54, 1.807) is 44.7 Å². The van der Waals surface area contributed by atoms with Crippen LogP contribution in [0.2, 0.25) is 0 Å². The molecule has 10 heteroatoms. The number of aryl methyl sites for hydroxylation is 1. The first-order chi connectivity index (χ1) is 18.5. The average Bonchev–Trinajstić information content (AvgIpc) is 3.54. The first-order valence-corrected chi connectivity index (χ1v) is 15.2. The molecule has 206 valence electrons. The fraction of sp³-hybridized carbons (Fsp3) is 0.448. The Hall–Kier alpha value is -3.11. The summed E-state index contributed by atoms with van der Waals surface area (Å²) in [7, 11) is 0. The SMILES string of the molecule is CC(=O)N1CCN(C(=O)CN2C(=O)CSC(c3ccsc3)c3c(C(C)(C)C)nn(-c4ccc(C)cc4)c32)CC1. The molecule has 0 spiro atoms. The highest BCUT2D eigenvalue weighted by Crippen LogP contribution is 2.48. The second kappa shape index (κ2) is 10.8. The predicted octanol–water partition coefficient (Wildman–Crippen LogP) is 4.40. The Labute approximate surface area is 238 Å². The van der Waals surface area contributed by atoms with Crippen LogP contribution in [0.1, 0.15) is 55.3 Å². The molecule has 0 N–H and O–H groups in total. The predicted molar refractivity (Wildman–Crippen MR) is 157 cm³/mol. The van der Waals surface area contributed by atoms with Gasteiger partial charge in [0.15, 0.2) is 0 Å². The maximum absolute atomic E-state index is 13.8. The van der Waals surface area contributed by atoms with Crippen LogP contribution < -0.4 is 4.90 Å². The van der Waals surface area contributed by atoms with E-state index in [4.69, 9.17) is 5.10 Å². The number of hydrogen-bond donors (Lipinski definition) is 0. The quantitative estimate of drug-likeness (QED) is 0.469. The van der Waals surface area contributed by atoms with Gasteiger partial charge in [0.25, 0.3) is 0 Å². The summed E-state index contributed by atoms with van der Waals surface area (Å²) < 4.78 is 1.86. The van der Waals surface area contributed by atoms with Gasteiger partial charge < -0.3 is 9.80 Å². The van der Waals surface area contributed by atoms with Gasteiger partial charge in [0.1, 0.15) is 12.4 Å². The van der Waals surface area contributed by atoms with E-state index in [0.717, 1.165) is 28.1 Å². The van der Waals surface area contributed by atoms with Crippen molar-refractivity contribution in [3.05, 3.63) is 63.5 Å². The van der Waals surface area contributed by atoms with Crippen molar-refractivity contribution in [2.45, 2.75) is 45.3 Å². The van der Waals surface area contributed by atoms with E-state index in [1.807, 2.05) is 35.9 Å². The van der Waals surface area contributed by atoms with Crippen LogP contribution in [0.3, 0.4) is 0 Å². The minimum Gasteiger partial charge on any atom is -0.339 e. The van der Waals surface area contributed by atoms with Crippen LogP contribution in [0.25, 0.3) is 5.69 Å². The van der Waals surface area contributed by atoms with E-state index < -0.39 is 0 Å². The van der Waals surface area contributed by atoms with Crippen LogP contribution in [-0.4, -0.2) is 75.8 Å². The minimum absolute atomic E-state index is 0.0163. The van der Waals surface area contributed by atoms with Gasteiger partial charge in [-0.25, -0.2) is 4.68 Å². The van der Waals surface area contributed by atoms with Gasteiger partial charge in [-0.3, -0.25) is 19.3 Å². The van der Waals surface area contributed by atoms with E-state index in [2.05, 4.69) is 37.6 Å². The molecule has 1 unspecified atom stereocenters. The number of nitrogens with zero attached hydrogens (tertiary/aromatic N) is 5. The maximum Gasteiger partial charge on any atom is 0.242 e. The van der Waals surface area contributed by atoms with Crippen molar-refractivity contribution in [3.63, 3.8) is 0 Å². The molecule has 0 aliphatic carbocycles. The van der Waals surface area contributed by atoms with Crippen molar-refractivity contribution in [1.29, 1.82) is 0 Å². The molecule has 5 rings (SSSR count). The van der Waals surface area contributed by atoms with E-state index in [0.29, 0.717) is 32.0 Å². The zero-order chi connectivity index (χ0) is 27.9. The molecule has 3 aromatic rings. The number of anilines is 1. The molecule has 3 amide bonds. The van der Waals surface area contributed by atoms with Crippen molar-refractivity contribution < 1.29 is 14.4 Å². The monoisotopic (exact) mass is 565 g/mol. The second-order valence-electron chi connectivity index (χ2n) is 11.2. The van der Waals surface area contributed by atoms with Crippen LogP contribution >= 0.6 is 23.1 Å². The molecule has 1 fully saturated rings. The summed E-state index contributed by atoms with van der Waals surface area (Å²) >= 11 is 3.23. The molecule has 2 aromatic heterocycles. The smallest absolute Gasteiger partial charge is 0.242 e. The van der Waals surface area contributed by atoms with Crippen molar-refractivity contribution in [2.24, 2.45) is 0 Å². The molecular formula is C29H35N5O3S2. The Morgan fingerprint density at radius 3 is 2.28 bits per heavy atom. The average molecular weight is 566 g/mol. The lowest BCUT2D eigenvalue weighted by Gasteiger charge is -2.35. The van der Waals surface area contributed by atoms with Crippen molar-refractivity contribution >= 4 is 46.6 Å². The number of piperazine rings is 1. The number of hydrogen-bond acceptors (Lipinski definition) is 6. The van der Waals surface area contributed by atoms with E-state index in [9.17, 15) is 14.4 Å². The molecular weight excluding hydrogens is 530 g/mol. The van der Waals surface area contributed by atoms with Gasteiger partial charge in [0.2, 0.25) is 17.7 Å². The molecule has 2 aliphatic rings. The summed E-state index contributed by atoms with van der Waals surface area (Å²) in [6.07, 6.45) is 0. The van der Waals surface area contributed by atoms with Gasteiger partial charge in [-0.2, -0.15) is 16.4 Å². The number of amides is 3. The molecule has 2 aliphatic heterocycles. The summed E-state index contributed by atoms with van der Waals surface area (Å²) in [6, 6.07) is 10.2. The van der Waals surface area contributed by atoms with Crippen LogP contribution in [-0.2, 0) is 19.8 Å². The molecule has 1 aromatic carbocycles. The topological polar surface area (TPSA) is 78.8 Å². The van der Waals surface area contributed by atoms with Crippen LogP contribution in [0.5, 0.6) is 0 Å². The molecule has 4 heterocycles. The summed E-state index contributed by atoms with van der Waals surface area (Å²) in [5.74, 6) is 0.722. The Kier molecular flexibility index (Phi) is 7.61. The normalized spacial score (nSPS) is 18.2. The number of thioether (sulfide) groups is 1. The molecule has 1 saturated heterocycles. The Morgan fingerprint density at radius 1 is 1.03 bits per heavy atom. The fourth-order valence-electron chi connectivity index (χ4n) is 5.13. The van der Waals surface area contributed by atoms with Gasteiger partial charge in [0, 0.05) is 44.1 Å². The lowest BCUT2D eigenvalue weighted by atomic mass is 9.87. The van der Waals surface area contributed by atoms with Crippen molar-refractivity contribution in [3.8, 4) is 5.69 Å². The lowest BCUT2D eigenvalue weighted by Crippen LogP contribution is -2.53. The van der Waals surface area contributed by atoms with Crippen LogP contribution in [0, 0.1) is 6.92 Å². The highest BCUT2D eigenvalue weighted by molar-refractivity contribution is 8.00. The van der Waals surface area contributed by atoms with E-state index >= 15 is 0 Å². The largest absolute Gasteiger partial charge is 0.339 e. The number of rotatable bonds is 4. The minimum atomic E-state index is -0.291. The molecule has 8 nitrogen and oxygen atoms in total. The van der Waals surface area contributed by atoms with Crippen LogP contribution in [0.4, 0.5) is 5.82 Å². The fourth-order valence-corrected chi connectivity index (χ4v) is 7.09. The van der Waals surface area contributed by atoms with E-state index in [1.165, 1.54) is 0 Å². The molecule has 0 saturated carbocycles. The third-order valence-electron chi connectivity index (χ3n) is 7.29. The summed E-state index contributed by atoms with van der Waals surface area (Å²) in [4.78, 5) is 44.3. The summed E-state index contributed by atoms with van der Waals surface area (Å²) in [5.41, 5.74) is 4.74. The molecule has 39 heavy (non-hydrogen) atoms. The third kappa shape index (κ3) is 5.49. The van der Waals surface area contributed by atoms with Crippen LogP contribution in [0.15, 0.2) is 41.1 Å². The second-order valence-corrected chi connectivity index (χ2v) is 13.1. The van der Waals surface area contributed by atoms with Gasteiger partial charge in [-0.1, -0.05) is 38.5 Å². The Bertz CT molecular complexity index is 1370. The van der Waals surface area contributed by atoms with Gasteiger partial charge in [-0.15, -0.1) is 11.8 Å². The number of fused-ring (bicyclic) bond motifs is 1. The Morgan fingerprint density at radius 2 is 1.69 bits per heavy atom. The Balaban J connectivity index is 1.62. The van der Waals surface area contributed by atoms with Gasteiger partial charge in [-0.05, 0) is 41.4 Å². The highest BCUT2D eigenvalue weighted by atomic mass is 32.2. The maximum atomic E-state index is 13.8. The zero-order valence-corrected chi connectivity index (χ0v) is 24.8. The zero-order valence-electron chi connectivity index (χ0n) is 23.1. The summed E-state index contributed by atoms with van der Waals surface area (Å²) in [6.45, 7) is 11.9. The number of carbonyl (C=O) groups is 3.